The molecule has 4 aromatic carbocycles. The number of hydrogen-bond donors (Lipinski definition) is 2. The zero-order chi connectivity index (χ0) is 19.3. The topological polar surface area (TPSA) is 45.4 Å². The molecule has 0 aliphatic rings. The van der Waals surface area contributed by atoms with Gasteiger partial charge in [0.05, 0.1) is 5.60 Å². The first-order chi connectivity index (χ1) is 13.5. The van der Waals surface area contributed by atoms with Gasteiger partial charge in [-0.2, -0.15) is 0 Å². The number of furan rings is 1. The number of para-hydroxylation sites is 1. The van der Waals surface area contributed by atoms with Crippen molar-refractivity contribution >= 4 is 44.1 Å². The molecular weight excluding hydrogens is 346 g/mol. The van der Waals surface area contributed by atoms with Crippen LogP contribution >= 0.6 is 0 Å². The van der Waals surface area contributed by atoms with E-state index >= 15 is 0 Å². The molecule has 138 valence electrons. The molecule has 28 heavy (non-hydrogen) atoms. The lowest BCUT2D eigenvalue weighted by Crippen LogP contribution is -2.16. The van der Waals surface area contributed by atoms with E-state index in [2.05, 4.69) is 35.6 Å². The second-order valence-electron chi connectivity index (χ2n) is 7.74. The molecule has 3 heteroatoms. The lowest BCUT2D eigenvalue weighted by Gasteiger charge is -2.22. The van der Waals surface area contributed by atoms with Crippen molar-refractivity contribution in [3.63, 3.8) is 0 Å². The third-order valence-corrected chi connectivity index (χ3v) is 5.19. The number of nitrogens with one attached hydrogen (secondary N) is 1. The molecular formula is C25H21NO2. The Morgan fingerprint density at radius 1 is 0.714 bits per heavy atom. The van der Waals surface area contributed by atoms with Gasteiger partial charge in [-0.25, -0.2) is 0 Å². The maximum Gasteiger partial charge on any atom is 0.135 e. The smallest absolute Gasteiger partial charge is 0.135 e. The van der Waals surface area contributed by atoms with E-state index in [-0.39, 0.29) is 0 Å². The fraction of sp³-hybridized carbons (Fsp3) is 0.120. The van der Waals surface area contributed by atoms with Gasteiger partial charge in [0.15, 0.2) is 0 Å². The highest BCUT2D eigenvalue weighted by Crippen LogP contribution is 2.35. The van der Waals surface area contributed by atoms with Gasteiger partial charge in [0.25, 0.3) is 0 Å². The third kappa shape index (κ3) is 2.81. The molecule has 0 aliphatic carbocycles. The van der Waals surface area contributed by atoms with Crippen molar-refractivity contribution in [2.24, 2.45) is 0 Å². The Balaban J connectivity index is 1.62. The number of benzene rings is 4. The van der Waals surface area contributed by atoms with E-state index in [0.717, 1.165) is 49.6 Å². The van der Waals surface area contributed by atoms with E-state index in [1.54, 1.807) is 0 Å². The molecule has 5 aromatic rings. The number of aliphatic hydroxyl groups is 1. The van der Waals surface area contributed by atoms with Gasteiger partial charge < -0.3 is 14.8 Å². The first-order valence-electron chi connectivity index (χ1n) is 9.43. The number of fused-ring (bicyclic) bond motifs is 4. The van der Waals surface area contributed by atoms with Crippen molar-refractivity contribution in [1.82, 2.24) is 0 Å². The summed E-state index contributed by atoms with van der Waals surface area (Å²) < 4.78 is 5.92. The fourth-order valence-corrected chi connectivity index (χ4v) is 3.86. The van der Waals surface area contributed by atoms with Gasteiger partial charge in [-0.05, 0) is 66.6 Å². The van der Waals surface area contributed by atoms with E-state index in [4.69, 9.17) is 4.42 Å². The van der Waals surface area contributed by atoms with Gasteiger partial charge in [0.1, 0.15) is 11.2 Å². The normalized spacial score (nSPS) is 12.1. The molecule has 0 atom stereocenters. The Labute approximate surface area is 163 Å². The fourth-order valence-electron chi connectivity index (χ4n) is 3.86. The number of anilines is 2. The van der Waals surface area contributed by atoms with Crippen LogP contribution in [0.3, 0.4) is 0 Å². The predicted molar refractivity (Wildman–Crippen MR) is 116 cm³/mol. The lowest BCUT2D eigenvalue weighted by atomic mass is 9.92. The van der Waals surface area contributed by atoms with Crippen molar-refractivity contribution in [2.45, 2.75) is 19.4 Å². The Morgan fingerprint density at radius 3 is 2.25 bits per heavy atom. The van der Waals surface area contributed by atoms with Crippen molar-refractivity contribution in [3.8, 4) is 0 Å². The summed E-state index contributed by atoms with van der Waals surface area (Å²) in [6, 6.07) is 26.5. The summed E-state index contributed by atoms with van der Waals surface area (Å²) in [4.78, 5) is 0. The molecule has 0 saturated heterocycles. The van der Waals surface area contributed by atoms with Crippen LogP contribution in [0.1, 0.15) is 19.4 Å². The van der Waals surface area contributed by atoms with Crippen LogP contribution in [-0.4, -0.2) is 5.11 Å². The highest BCUT2D eigenvalue weighted by Gasteiger charge is 2.20. The molecule has 0 radical (unpaired) electrons. The number of rotatable bonds is 3. The van der Waals surface area contributed by atoms with Crippen LogP contribution in [0.5, 0.6) is 0 Å². The monoisotopic (exact) mass is 367 g/mol. The maximum atomic E-state index is 10.7. The van der Waals surface area contributed by atoms with E-state index in [9.17, 15) is 5.11 Å². The summed E-state index contributed by atoms with van der Waals surface area (Å²) in [6.07, 6.45) is 0. The van der Waals surface area contributed by atoms with Crippen LogP contribution < -0.4 is 5.32 Å². The van der Waals surface area contributed by atoms with Crippen LogP contribution in [-0.2, 0) is 5.60 Å². The molecule has 0 amide bonds. The lowest BCUT2D eigenvalue weighted by molar-refractivity contribution is 0.0802. The first kappa shape index (κ1) is 16.8. The van der Waals surface area contributed by atoms with Gasteiger partial charge in [0.2, 0.25) is 0 Å². The van der Waals surface area contributed by atoms with Crippen LogP contribution in [0.2, 0.25) is 0 Å². The average Bonchev–Trinajstić information content (AvgIpc) is 3.05. The van der Waals surface area contributed by atoms with E-state index in [1.807, 2.05) is 62.4 Å². The van der Waals surface area contributed by atoms with Crippen LogP contribution in [0.15, 0.2) is 83.3 Å². The number of hydrogen-bond acceptors (Lipinski definition) is 3. The molecule has 0 saturated carbocycles. The Morgan fingerprint density at radius 2 is 1.43 bits per heavy atom. The summed E-state index contributed by atoms with van der Waals surface area (Å²) in [5.74, 6) is 0. The summed E-state index contributed by atoms with van der Waals surface area (Å²) in [7, 11) is 0. The molecule has 1 aromatic heterocycles. The van der Waals surface area contributed by atoms with Gasteiger partial charge in [-0.15, -0.1) is 0 Å². The third-order valence-electron chi connectivity index (χ3n) is 5.19. The zero-order valence-electron chi connectivity index (χ0n) is 15.9. The van der Waals surface area contributed by atoms with Crippen LogP contribution in [0, 0.1) is 0 Å². The molecule has 0 unspecified atom stereocenters. The molecule has 2 N–H and O–H groups in total. The molecule has 1 heterocycles. The SMILES string of the molecule is CC(C)(O)c1cc(Nc2ccc3oc4ccccc4c3c2)cc2ccccc12. The van der Waals surface area contributed by atoms with Gasteiger partial charge in [-0.3, -0.25) is 0 Å². The van der Waals surface area contributed by atoms with E-state index in [0.29, 0.717) is 0 Å². The first-order valence-corrected chi connectivity index (χ1v) is 9.43. The highest BCUT2D eigenvalue weighted by molar-refractivity contribution is 6.06. The molecule has 0 aliphatic heterocycles. The van der Waals surface area contributed by atoms with Crippen molar-refractivity contribution in [2.75, 3.05) is 5.32 Å². The molecule has 0 spiro atoms. The molecule has 3 nitrogen and oxygen atoms in total. The average molecular weight is 367 g/mol. The quantitative estimate of drug-likeness (QED) is 0.372. The van der Waals surface area contributed by atoms with Crippen molar-refractivity contribution in [3.05, 3.63) is 84.4 Å². The Hall–Kier alpha value is -3.30. The maximum absolute atomic E-state index is 10.7. The van der Waals surface area contributed by atoms with Gasteiger partial charge >= 0.3 is 0 Å². The second kappa shape index (κ2) is 6.11. The minimum absolute atomic E-state index is 0.877. The van der Waals surface area contributed by atoms with Crippen LogP contribution in [0.4, 0.5) is 11.4 Å². The van der Waals surface area contributed by atoms with E-state index in [1.165, 1.54) is 0 Å². The molecule has 0 fully saturated rings. The van der Waals surface area contributed by atoms with Gasteiger partial charge in [-0.1, -0.05) is 42.5 Å². The zero-order valence-corrected chi connectivity index (χ0v) is 15.9. The second-order valence-corrected chi connectivity index (χ2v) is 7.74. The standard InChI is InChI=1S/C25H21NO2/c1-25(2,27)22-15-18(13-16-7-3-4-8-19(16)22)26-17-11-12-24-21(14-17)20-9-5-6-10-23(20)28-24/h3-15,26-27H,1-2H3. The predicted octanol–water partition coefficient (Wildman–Crippen LogP) is 6.71. The minimum atomic E-state index is -0.929. The van der Waals surface area contributed by atoms with Crippen LogP contribution in [0.25, 0.3) is 32.7 Å². The Bertz CT molecular complexity index is 1330. The Kier molecular flexibility index (Phi) is 3.68. The van der Waals surface area contributed by atoms with Gasteiger partial charge in [0, 0.05) is 22.1 Å². The summed E-state index contributed by atoms with van der Waals surface area (Å²) in [5.41, 5.74) is 3.68. The van der Waals surface area contributed by atoms with Crippen molar-refractivity contribution < 1.29 is 9.52 Å². The summed E-state index contributed by atoms with van der Waals surface area (Å²) in [6.45, 7) is 3.64. The summed E-state index contributed by atoms with van der Waals surface area (Å²) >= 11 is 0. The molecule has 5 rings (SSSR count). The van der Waals surface area contributed by atoms with E-state index < -0.39 is 5.60 Å². The summed E-state index contributed by atoms with van der Waals surface area (Å²) in [5, 5.41) is 18.5. The highest BCUT2D eigenvalue weighted by atomic mass is 16.3. The van der Waals surface area contributed by atoms with Crippen molar-refractivity contribution in [1.29, 1.82) is 0 Å². The molecule has 0 bridgehead atoms. The largest absolute Gasteiger partial charge is 0.456 e. The minimum Gasteiger partial charge on any atom is -0.456 e.